The van der Waals surface area contributed by atoms with E-state index in [-0.39, 0.29) is 0 Å². The van der Waals surface area contributed by atoms with Crippen LogP contribution in [0.4, 0.5) is 0 Å². The molecule has 2 unspecified atom stereocenters. The number of likely N-dealkylation sites (tertiary alicyclic amines) is 1. The summed E-state index contributed by atoms with van der Waals surface area (Å²) in [5.74, 6) is 0.684. The molecule has 2 atom stereocenters. The van der Waals surface area contributed by atoms with Crippen LogP contribution in [0.15, 0.2) is 60.7 Å². The highest BCUT2D eigenvalue weighted by molar-refractivity contribution is 5.32. The third-order valence-electron chi connectivity index (χ3n) is 5.24. The Bertz CT molecular complexity index is 542. The molecule has 3 rings (SSSR count). The minimum absolute atomic E-state index is 0.348. The molecule has 1 fully saturated rings. The molecule has 0 radical (unpaired) electrons. The predicted molar refractivity (Wildman–Crippen MR) is 97.3 cm³/mol. The summed E-state index contributed by atoms with van der Waals surface area (Å²) in [5, 5.41) is 0. The first-order chi connectivity index (χ1) is 11.3. The van der Waals surface area contributed by atoms with Crippen molar-refractivity contribution in [2.45, 2.75) is 38.3 Å². The van der Waals surface area contributed by atoms with Gasteiger partial charge in [-0.05, 0) is 49.4 Å². The summed E-state index contributed by atoms with van der Waals surface area (Å²) in [4.78, 5) is 2.71. The first-order valence-corrected chi connectivity index (χ1v) is 8.89. The average Bonchev–Trinajstić information content (AvgIpc) is 2.64. The molecule has 2 nitrogen and oxygen atoms in total. The normalized spacial score (nSPS) is 22.4. The summed E-state index contributed by atoms with van der Waals surface area (Å²) < 4.78 is 0. The summed E-state index contributed by atoms with van der Waals surface area (Å²) in [5.41, 5.74) is 8.73. The van der Waals surface area contributed by atoms with Crippen LogP contribution in [-0.4, -0.2) is 24.0 Å². The second kappa shape index (κ2) is 7.76. The predicted octanol–water partition coefficient (Wildman–Crippen LogP) is 4.23. The number of hydrogen-bond donors (Lipinski definition) is 1. The van der Waals surface area contributed by atoms with Gasteiger partial charge in [-0.3, -0.25) is 4.90 Å². The van der Waals surface area contributed by atoms with Crippen molar-refractivity contribution in [3.63, 3.8) is 0 Å². The Morgan fingerprint density at radius 3 is 2.04 bits per heavy atom. The van der Waals surface area contributed by atoms with E-state index in [4.69, 9.17) is 5.73 Å². The molecule has 2 aromatic rings. The molecule has 1 heterocycles. The molecule has 2 N–H and O–H groups in total. The van der Waals surface area contributed by atoms with Crippen molar-refractivity contribution in [3.8, 4) is 0 Å². The maximum Gasteiger partial charge on any atom is 0.0604 e. The quantitative estimate of drug-likeness (QED) is 0.896. The standard InChI is InChI=1S/C21H28N2/c1-2-20-15-17(16-22)13-14-23(20)21(18-9-5-3-6-10-18)19-11-7-4-8-12-19/h3-12,17,20-21H,2,13-16,22H2,1H3. The number of nitrogens with two attached hydrogens (primary N) is 1. The zero-order valence-electron chi connectivity index (χ0n) is 14.1. The first kappa shape index (κ1) is 16.2. The van der Waals surface area contributed by atoms with Gasteiger partial charge in [-0.1, -0.05) is 67.6 Å². The van der Waals surface area contributed by atoms with Crippen molar-refractivity contribution in [2.24, 2.45) is 11.7 Å². The molecule has 2 aromatic carbocycles. The Kier molecular flexibility index (Phi) is 5.47. The summed E-state index contributed by atoms with van der Waals surface area (Å²) in [6.45, 7) is 4.27. The smallest absolute Gasteiger partial charge is 0.0604 e. The molecule has 1 aliphatic heterocycles. The van der Waals surface area contributed by atoms with Crippen LogP contribution in [-0.2, 0) is 0 Å². The third-order valence-corrected chi connectivity index (χ3v) is 5.24. The van der Waals surface area contributed by atoms with Gasteiger partial charge in [0, 0.05) is 6.04 Å². The van der Waals surface area contributed by atoms with Crippen molar-refractivity contribution >= 4 is 0 Å². The third kappa shape index (κ3) is 3.65. The lowest BCUT2D eigenvalue weighted by atomic mass is 9.86. The number of piperidine rings is 1. The second-order valence-electron chi connectivity index (χ2n) is 6.65. The Morgan fingerprint density at radius 1 is 1.00 bits per heavy atom. The van der Waals surface area contributed by atoms with Crippen LogP contribution in [0.1, 0.15) is 43.4 Å². The van der Waals surface area contributed by atoms with E-state index in [2.05, 4.69) is 72.5 Å². The molecule has 1 saturated heterocycles. The summed E-state index contributed by atoms with van der Waals surface area (Å²) in [7, 11) is 0. The van der Waals surface area contributed by atoms with Gasteiger partial charge < -0.3 is 5.73 Å². The van der Waals surface area contributed by atoms with Gasteiger partial charge in [0.1, 0.15) is 0 Å². The van der Waals surface area contributed by atoms with Crippen LogP contribution in [0.3, 0.4) is 0 Å². The lowest BCUT2D eigenvalue weighted by Crippen LogP contribution is -2.46. The maximum absolute atomic E-state index is 5.95. The van der Waals surface area contributed by atoms with Crippen molar-refractivity contribution < 1.29 is 0 Å². The van der Waals surface area contributed by atoms with Crippen molar-refractivity contribution in [1.82, 2.24) is 4.90 Å². The Morgan fingerprint density at radius 2 is 1.57 bits per heavy atom. The molecule has 0 bridgehead atoms. The number of nitrogens with zero attached hydrogens (tertiary/aromatic N) is 1. The molecule has 1 aliphatic rings. The van der Waals surface area contributed by atoms with Gasteiger partial charge in [0.05, 0.1) is 6.04 Å². The van der Waals surface area contributed by atoms with E-state index in [1.54, 1.807) is 0 Å². The highest BCUT2D eigenvalue weighted by Gasteiger charge is 2.32. The van der Waals surface area contributed by atoms with Crippen LogP contribution in [0, 0.1) is 5.92 Å². The van der Waals surface area contributed by atoms with Crippen LogP contribution in [0.5, 0.6) is 0 Å². The Labute approximate surface area is 140 Å². The summed E-state index contributed by atoms with van der Waals surface area (Å²) in [6.07, 6.45) is 3.62. The van der Waals surface area contributed by atoms with E-state index in [0.29, 0.717) is 18.0 Å². The fraction of sp³-hybridized carbons (Fsp3) is 0.429. The average molecular weight is 308 g/mol. The van der Waals surface area contributed by atoms with Gasteiger partial charge in [0.25, 0.3) is 0 Å². The van der Waals surface area contributed by atoms with Crippen molar-refractivity contribution in [1.29, 1.82) is 0 Å². The van der Waals surface area contributed by atoms with Crippen molar-refractivity contribution in [3.05, 3.63) is 71.8 Å². The first-order valence-electron chi connectivity index (χ1n) is 8.89. The minimum Gasteiger partial charge on any atom is -0.330 e. The van der Waals surface area contributed by atoms with Gasteiger partial charge in [0.2, 0.25) is 0 Å². The molecule has 0 spiro atoms. The molecule has 0 saturated carbocycles. The molecular weight excluding hydrogens is 280 g/mol. The number of hydrogen-bond acceptors (Lipinski definition) is 2. The Hall–Kier alpha value is -1.64. The van der Waals surface area contributed by atoms with Crippen LogP contribution in [0.2, 0.25) is 0 Å². The highest BCUT2D eigenvalue weighted by Crippen LogP contribution is 2.36. The SMILES string of the molecule is CCC1CC(CN)CCN1C(c1ccccc1)c1ccccc1. The Balaban J connectivity index is 1.95. The fourth-order valence-corrected chi connectivity index (χ4v) is 3.95. The lowest BCUT2D eigenvalue weighted by Gasteiger charge is -2.44. The zero-order valence-corrected chi connectivity index (χ0v) is 14.1. The van der Waals surface area contributed by atoms with E-state index in [0.717, 1.165) is 13.1 Å². The van der Waals surface area contributed by atoms with E-state index in [9.17, 15) is 0 Å². The zero-order chi connectivity index (χ0) is 16.1. The van der Waals surface area contributed by atoms with Crippen LogP contribution >= 0.6 is 0 Å². The van der Waals surface area contributed by atoms with Gasteiger partial charge >= 0.3 is 0 Å². The van der Waals surface area contributed by atoms with E-state index in [1.807, 2.05) is 0 Å². The van der Waals surface area contributed by atoms with Gasteiger partial charge in [-0.15, -0.1) is 0 Å². The van der Waals surface area contributed by atoms with E-state index >= 15 is 0 Å². The number of rotatable bonds is 5. The largest absolute Gasteiger partial charge is 0.330 e. The molecule has 2 heteroatoms. The van der Waals surface area contributed by atoms with Gasteiger partial charge in [-0.2, -0.15) is 0 Å². The lowest BCUT2D eigenvalue weighted by molar-refractivity contribution is 0.0818. The van der Waals surface area contributed by atoms with Gasteiger partial charge in [-0.25, -0.2) is 0 Å². The van der Waals surface area contributed by atoms with Crippen LogP contribution in [0.25, 0.3) is 0 Å². The van der Waals surface area contributed by atoms with E-state index < -0.39 is 0 Å². The summed E-state index contributed by atoms with van der Waals surface area (Å²) >= 11 is 0. The molecule has 0 aromatic heterocycles. The molecule has 122 valence electrons. The van der Waals surface area contributed by atoms with Gasteiger partial charge in [0.15, 0.2) is 0 Å². The molecular formula is C21H28N2. The van der Waals surface area contributed by atoms with Crippen molar-refractivity contribution in [2.75, 3.05) is 13.1 Å². The molecule has 23 heavy (non-hydrogen) atoms. The van der Waals surface area contributed by atoms with E-state index in [1.165, 1.54) is 30.4 Å². The maximum atomic E-state index is 5.95. The topological polar surface area (TPSA) is 29.3 Å². The molecule has 0 aliphatic carbocycles. The number of benzene rings is 2. The summed E-state index contributed by atoms with van der Waals surface area (Å²) in [6, 6.07) is 22.8. The monoisotopic (exact) mass is 308 g/mol. The minimum atomic E-state index is 0.348. The van der Waals surface area contributed by atoms with Crippen LogP contribution < -0.4 is 5.73 Å². The fourth-order valence-electron chi connectivity index (χ4n) is 3.95. The highest BCUT2D eigenvalue weighted by atomic mass is 15.2. The molecule has 0 amide bonds. The second-order valence-corrected chi connectivity index (χ2v) is 6.65.